The molecule has 0 spiro atoms. The van der Waals surface area contributed by atoms with Crippen LogP contribution in [0.3, 0.4) is 0 Å². The van der Waals surface area contributed by atoms with Gasteiger partial charge in [-0.2, -0.15) is 0 Å². The summed E-state index contributed by atoms with van der Waals surface area (Å²) in [6, 6.07) is 5.71. The first-order valence-corrected chi connectivity index (χ1v) is 8.36. The van der Waals surface area contributed by atoms with Crippen LogP contribution in [-0.2, 0) is 0 Å². The van der Waals surface area contributed by atoms with Gasteiger partial charge in [0, 0.05) is 21.4 Å². The Labute approximate surface area is 131 Å². The Balaban J connectivity index is 2.50. The monoisotopic (exact) mass is 323 g/mol. The van der Waals surface area contributed by atoms with E-state index in [4.69, 9.17) is 11.1 Å². The van der Waals surface area contributed by atoms with Crippen LogP contribution in [0.1, 0.15) is 25.5 Å². The van der Waals surface area contributed by atoms with Crippen molar-refractivity contribution >= 4 is 29.4 Å². The smallest absolute Gasteiger partial charge is 0.344 e. The SMILES string of the molecule is CSc1cccc(Sc2n[nH]c(=O)n2C(C)C)c1C(=N)N. The Kier molecular flexibility index (Phi) is 4.79. The van der Waals surface area contributed by atoms with Crippen molar-refractivity contribution in [1.82, 2.24) is 14.8 Å². The van der Waals surface area contributed by atoms with Gasteiger partial charge in [-0.3, -0.25) is 9.98 Å². The van der Waals surface area contributed by atoms with Crippen molar-refractivity contribution in [3.05, 3.63) is 34.2 Å². The van der Waals surface area contributed by atoms with E-state index >= 15 is 0 Å². The number of nitrogens with two attached hydrogens (primary N) is 1. The number of hydrogen-bond acceptors (Lipinski definition) is 5. The first-order valence-electron chi connectivity index (χ1n) is 6.31. The quantitative estimate of drug-likeness (QED) is 0.445. The van der Waals surface area contributed by atoms with Crippen LogP contribution in [0.15, 0.2) is 37.9 Å². The molecule has 0 unspecified atom stereocenters. The van der Waals surface area contributed by atoms with E-state index in [1.807, 2.05) is 38.3 Å². The van der Waals surface area contributed by atoms with Crippen molar-refractivity contribution in [1.29, 1.82) is 5.41 Å². The number of benzene rings is 1. The second-order valence-corrected chi connectivity index (χ2v) is 6.48. The van der Waals surface area contributed by atoms with Crippen LogP contribution in [0.25, 0.3) is 0 Å². The molecule has 0 bridgehead atoms. The van der Waals surface area contributed by atoms with Crippen LogP contribution in [0.5, 0.6) is 0 Å². The first-order chi connectivity index (χ1) is 9.95. The van der Waals surface area contributed by atoms with Gasteiger partial charge in [0.15, 0.2) is 5.16 Å². The summed E-state index contributed by atoms with van der Waals surface area (Å²) >= 11 is 2.87. The van der Waals surface area contributed by atoms with Gasteiger partial charge in [-0.05, 0) is 44.0 Å². The Morgan fingerprint density at radius 3 is 2.67 bits per heavy atom. The molecule has 2 rings (SSSR count). The van der Waals surface area contributed by atoms with Gasteiger partial charge in [-0.25, -0.2) is 9.89 Å². The largest absolute Gasteiger partial charge is 0.384 e. The average molecular weight is 323 g/mol. The van der Waals surface area contributed by atoms with Crippen molar-refractivity contribution in [2.24, 2.45) is 5.73 Å². The predicted molar refractivity (Wildman–Crippen MR) is 86.6 cm³/mol. The van der Waals surface area contributed by atoms with Gasteiger partial charge in [-0.1, -0.05) is 6.07 Å². The number of nitrogens with zero attached hydrogens (tertiary/aromatic N) is 2. The van der Waals surface area contributed by atoms with Crippen molar-refractivity contribution < 1.29 is 0 Å². The molecule has 6 nitrogen and oxygen atoms in total. The number of aromatic nitrogens is 3. The van der Waals surface area contributed by atoms with Crippen LogP contribution in [-0.4, -0.2) is 26.9 Å². The molecule has 0 aliphatic carbocycles. The highest BCUT2D eigenvalue weighted by atomic mass is 32.2. The number of thioether (sulfide) groups is 1. The van der Waals surface area contributed by atoms with Gasteiger partial charge >= 0.3 is 5.69 Å². The van der Waals surface area contributed by atoms with E-state index in [2.05, 4.69) is 10.2 Å². The van der Waals surface area contributed by atoms with E-state index in [-0.39, 0.29) is 17.6 Å². The summed E-state index contributed by atoms with van der Waals surface area (Å²) < 4.78 is 1.58. The summed E-state index contributed by atoms with van der Waals surface area (Å²) in [5.41, 5.74) is 6.15. The lowest BCUT2D eigenvalue weighted by atomic mass is 10.2. The zero-order chi connectivity index (χ0) is 15.6. The minimum atomic E-state index is -0.238. The fraction of sp³-hybridized carbons (Fsp3) is 0.308. The van der Waals surface area contributed by atoms with E-state index in [1.165, 1.54) is 23.5 Å². The molecule has 0 aliphatic rings. The molecule has 0 atom stereocenters. The third kappa shape index (κ3) is 3.16. The Bertz CT molecular complexity index is 720. The number of hydrogen-bond donors (Lipinski definition) is 3. The van der Waals surface area contributed by atoms with Crippen LogP contribution in [0.4, 0.5) is 0 Å². The lowest BCUT2D eigenvalue weighted by Crippen LogP contribution is -2.19. The minimum absolute atomic E-state index is 0.00302. The van der Waals surface area contributed by atoms with E-state index in [1.54, 1.807) is 4.57 Å². The number of amidine groups is 1. The van der Waals surface area contributed by atoms with Gasteiger partial charge in [-0.15, -0.1) is 16.9 Å². The van der Waals surface area contributed by atoms with E-state index in [9.17, 15) is 4.79 Å². The van der Waals surface area contributed by atoms with Gasteiger partial charge in [0.2, 0.25) is 0 Å². The van der Waals surface area contributed by atoms with Gasteiger partial charge in [0.1, 0.15) is 5.84 Å². The van der Waals surface area contributed by atoms with Crippen LogP contribution in [0, 0.1) is 5.41 Å². The molecule has 1 aromatic heterocycles. The number of H-pyrrole nitrogens is 1. The first kappa shape index (κ1) is 15.7. The second-order valence-electron chi connectivity index (χ2n) is 4.62. The Morgan fingerprint density at radius 2 is 2.10 bits per heavy atom. The van der Waals surface area contributed by atoms with Crippen LogP contribution in [0.2, 0.25) is 0 Å². The molecule has 0 saturated heterocycles. The average Bonchev–Trinajstić information content (AvgIpc) is 2.79. The number of nitrogens with one attached hydrogen (secondary N) is 2. The summed E-state index contributed by atoms with van der Waals surface area (Å²) in [5, 5.41) is 14.9. The summed E-state index contributed by atoms with van der Waals surface area (Å²) in [4.78, 5) is 13.5. The van der Waals surface area contributed by atoms with Crippen molar-refractivity contribution in [2.45, 2.75) is 34.8 Å². The second kappa shape index (κ2) is 6.40. The minimum Gasteiger partial charge on any atom is -0.384 e. The molecule has 21 heavy (non-hydrogen) atoms. The van der Waals surface area contributed by atoms with Crippen molar-refractivity contribution in [3.63, 3.8) is 0 Å². The molecule has 0 radical (unpaired) electrons. The zero-order valence-electron chi connectivity index (χ0n) is 12.0. The normalized spacial score (nSPS) is 11.0. The number of aromatic amines is 1. The predicted octanol–water partition coefficient (Wildman–Crippen LogP) is 2.31. The Hall–Kier alpha value is -1.67. The molecule has 4 N–H and O–H groups in total. The maximum absolute atomic E-state index is 11.8. The summed E-state index contributed by atoms with van der Waals surface area (Å²) in [6.07, 6.45) is 1.94. The third-order valence-electron chi connectivity index (χ3n) is 2.87. The molecule has 112 valence electrons. The molecule has 2 aromatic rings. The summed E-state index contributed by atoms with van der Waals surface area (Å²) in [6.45, 7) is 3.84. The molecular formula is C13H17N5OS2. The van der Waals surface area contributed by atoms with E-state index in [0.29, 0.717) is 10.7 Å². The molecule has 0 saturated carbocycles. The topological polar surface area (TPSA) is 101 Å². The molecular weight excluding hydrogens is 306 g/mol. The highest BCUT2D eigenvalue weighted by Crippen LogP contribution is 2.33. The van der Waals surface area contributed by atoms with Crippen molar-refractivity contribution in [2.75, 3.05) is 6.26 Å². The third-order valence-corrected chi connectivity index (χ3v) is 4.68. The molecule has 8 heteroatoms. The lowest BCUT2D eigenvalue weighted by molar-refractivity contribution is 0.534. The summed E-state index contributed by atoms with van der Waals surface area (Å²) in [7, 11) is 0. The molecule has 0 fully saturated rings. The standard InChI is InChI=1S/C13H17N5OS2/c1-7(2)18-12(19)16-17-13(18)21-9-6-4-5-8(20-3)10(9)11(14)15/h4-7H,1-3H3,(H3,14,15)(H,16,19). The molecule has 0 aliphatic heterocycles. The zero-order valence-corrected chi connectivity index (χ0v) is 13.6. The highest BCUT2D eigenvalue weighted by molar-refractivity contribution is 7.99. The molecule has 1 heterocycles. The maximum atomic E-state index is 11.8. The fourth-order valence-electron chi connectivity index (χ4n) is 1.95. The number of nitrogen functional groups attached to an aromatic ring is 1. The fourth-order valence-corrected chi connectivity index (χ4v) is 3.80. The molecule has 1 aromatic carbocycles. The van der Waals surface area contributed by atoms with Crippen LogP contribution >= 0.6 is 23.5 Å². The van der Waals surface area contributed by atoms with E-state index in [0.717, 1.165) is 9.79 Å². The number of rotatable bonds is 5. The van der Waals surface area contributed by atoms with Gasteiger partial charge < -0.3 is 5.73 Å². The van der Waals surface area contributed by atoms with Gasteiger partial charge in [0.25, 0.3) is 0 Å². The van der Waals surface area contributed by atoms with Crippen LogP contribution < -0.4 is 11.4 Å². The highest BCUT2D eigenvalue weighted by Gasteiger charge is 2.17. The van der Waals surface area contributed by atoms with Crippen molar-refractivity contribution in [3.8, 4) is 0 Å². The Morgan fingerprint density at radius 1 is 1.43 bits per heavy atom. The lowest BCUT2D eigenvalue weighted by Gasteiger charge is -2.13. The van der Waals surface area contributed by atoms with E-state index < -0.39 is 0 Å². The summed E-state index contributed by atoms with van der Waals surface area (Å²) in [5.74, 6) is 0.0106. The van der Waals surface area contributed by atoms with Gasteiger partial charge in [0.05, 0.1) is 0 Å². The molecule has 0 amide bonds. The maximum Gasteiger partial charge on any atom is 0.344 e.